The molecule has 0 aromatic carbocycles. The second kappa shape index (κ2) is 8.10. The van der Waals surface area contributed by atoms with Gasteiger partial charge in [0.1, 0.15) is 0 Å². The Hall–Kier alpha value is -0.160. The van der Waals surface area contributed by atoms with Gasteiger partial charge in [0.15, 0.2) is 0 Å². The van der Waals surface area contributed by atoms with Crippen molar-refractivity contribution < 1.29 is 5.11 Å². The minimum Gasteiger partial charge on any atom is -0.395 e. The van der Waals surface area contributed by atoms with E-state index in [1.165, 1.54) is 19.4 Å². The molecule has 18 heavy (non-hydrogen) atoms. The number of hydrogen-bond donors (Lipinski definition) is 2. The zero-order valence-electron chi connectivity index (χ0n) is 12.5. The van der Waals surface area contributed by atoms with Gasteiger partial charge in [0.25, 0.3) is 0 Å². The van der Waals surface area contributed by atoms with Crippen LogP contribution < -0.4 is 5.32 Å². The molecule has 1 rings (SSSR count). The Balaban J connectivity index is 2.55. The van der Waals surface area contributed by atoms with Gasteiger partial charge in [0.05, 0.1) is 6.61 Å². The van der Waals surface area contributed by atoms with E-state index in [0.717, 1.165) is 19.6 Å². The van der Waals surface area contributed by atoms with Crippen molar-refractivity contribution in [3.05, 3.63) is 0 Å². The van der Waals surface area contributed by atoms with Gasteiger partial charge in [-0.2, -0.15) is 0 Å². The van der Waals surface area contributed by atoms with Crippen LogP contribution in [0.5, 0.6) is 0 Å². The Morgan fingerprint density at radius 3 is 2.61 bits per heavy atom. The van der Waals surface area contributed by atoms with Crippen LogP contribution in [0.1, 0.15) is 33.6 Å². The van der Waals surface area contributed by atoms with Crippen molar-refractivity contribution in [1.82, 2.24) is 15.1 Å². The lowest BCUT2D eigenvalue weighted by Crippen LogP contribution is -2.50. The summed E-state index contributed by atoms with van der Waals surface area (Å²) in [5.41, 5.74) is 0. The van der Waals surface area contributed by atoms with E-state index >= 15 is 0 Å². The molecular weight excluding hydrogens is 226 g/mol. The van der Waals surface area contributed by atoms with Gasteiger partial charge in [-0.25, -0.2) is 0 Å². The van der Waals surface area contributed by atoms with E-state index < -0.39 is 0 Å². The second-order valence-electron chi connectivity index (χ2n) is 5.87. The number of aliphatic hydroxyl groups is 1. The van der Waals surface area contributed by atoms with E-state index in [1.807, 2.05) is 0 Å². The number of nitrogens with zero attached hydrogens (tertiary/aromatic N) is 2. The molecule has 1 aliphatic heterocycles. The van der Waals surface area contributed by atoms with E-state index in [4.69, 9.17) is 0 Å². The highest BCUT2D eigenvalue weighted by Crippen LogP contribution is 2.12. The predicted octanol–water partition coefficient (Wildman–Crippen LogP) is 0.761. The molecule has 2 unspecified atom stereocenters. The summed E-state index contributed by atoms with van der Waals surface area (Å²) < 4.78 is 0. The van der Waals surface area contributed by atoms with Crippen LogP contribution in [0.15, 0.2) is 0 Å². The topological polar surface area (TPSA) is 38.7 Å². The third-order valence-corrected chi connectivity index (χ3v) is 3.74. The molecule has 108 valence electrons. The first-order valence-corrected chi connectivity index (χ1v) is 7.36. The van der Waals surface area contributed by atoms with Crippen molar-refractivity contribution in [3.63, 3.8) is 0 Å². The van der Waals surface area contributed by atoms with Crippen LogP contribution in [-0.2, 0) is 0 Å². The van der Waals surface area contributed by atoms with Gasteiger partial charge in [-0.05, 0) is 33.0 Å². The maximum Gasteiger partial charge on any atom is 0.0597 e. The molecule has 1 aliphatic rings. The van der Waals surface area contributed by atoms with Crippen LogP contribution in [0.4, 0.5) is 0 Å². The fraction of sp³-hybridized carbons (Fsp3) is 1.00. The van der Waals surface area contributed by atoms with E-state index in [2.05, 4.69) is 42.9 Å². The van der Waals surface area contributed by atoms with E-state index in [-0.39, 0.29) is 12.6 Å². The first-order chi connectivity index (χ1) is 8.56. The molecule has 0 aromatic heterocycles. The van der Waals surface area contributed by atoms with Gasteiger partial charge in [0.2, 0.25) is 0 Å². The van der Waals surface area contributed by atoms with Crippen LogP contribution in [0.25, 0.3) is 0 Å². The van der Waals surface area contributed by atoms with Gasteiger partial charge in [0, 0.05) is 31.2 Å². The van der Waals surface area contributed by atoms with Crippen molar-refractivity contribution in [2.24, 2.45) is 0 Å². The largest absolute Gasteiger partial charge is 0.395 e. The zero-order valence-corrected chi connectivity index (χ0v) is 12.5. The first-order valence-electron chi connectivity index (χ1n) is 7.36. The number of hydrogen-bond acceptors (Lipinski definition) is 4. The molecular formula is C14H31N3O. The Morgan fingerprint density at radius 2 is 2.06 bits per heavy atom. The maximum atomic E-state index is 9.49. The highest BCUT2D eigenvalue weighted by atomic mass is 16.3. The fourth-order valence-electron chi connectivity index (χ4n) is 2.84. The number of nitrogens with one attached hydrogen (secondary N) is 1. The molecule has 1 fully saturated rings. The summed E-state index contributed by atoms with van der Waals surface area (Å²) in [6.07, 6.45) is 2.41. The normalized spacial score (nSPS) is 25.3. The van der Waals surface area contributed by atoms with E-state index in [9.17, 15) is 5.11 Å². The molecule has 2 atom stereocenters. The third kappa shape index (κ3) is 5.22. The van der Waals surface area contributed by atoms with Crippen LogP contribution in [0.2, 0.25) is 0 Å². The molecule has 0 bridgehead atoms. The zero-order chi connectivity index (χ0) is 13.5. The summed E-state index contributed by atoms with van der Waals surface area (Å²) in [5.74, 6) is 0. The molecule has 0 saturated carbocycles. The average Bonchev–Trinajstić information content (AvgIpc) is 2.49. The summed E-state index contributed by atoms with van der Waals surface area (Å²) >= 11 is 0. The highest BCUT2D eigenvalue weighted by molar-refractivity contribution is 4.82. The quantitative estimate of drug-likeness (QED) is 0.737. The highest BCUT2D eigenvalue weighted by Gasteiger charge is 2.24. The monoisotopic (exact) mass is 257 g/mol. The average molecular weight is 257 g/mol. The lowest BCUT2D eigenvalue weighted by molar-refractivity contribution is 0.135. The molecule has 0 amide bonds. The lowest BCUT2D eigenvalue weighted by Gasteiger charge is -2.33. The summed E-state index contributed by atoms with van der Waals surface area (Å²) in [7, 11) is 2.21. The summed E-state index contributed by atoms with van der Waals surface area (Å²) in [4.78, 5) is 4.98. The second-order valence-corrected chi connectivity index (χ2v) is 5.87. The van der Waals surface area contributed by atoms with Crippen molar-refractivity contribution in [2.45, 2.75) is 51.7 Å². The Bertz CT molecular complexity index is 223. The van der Waals surface area contributed by atoms with Crippen LogP contribution in [-0.4, -0.2) is 72.9 Å². The van der Waals surface area contributed by atoms with Crippen molar-refractivity contribution in [3.8, 4) is 0 Å². The molecule has 4 heteroatoms. The van der Waals surface area contributed by atoms with Crippen molar-refractivity contribution in [2.75, 3.05) is 39.8 Å². The smallest absolute Gasteiger partial charge is 0.0597 e. The molecule has 0 radical (unpaired) electrons. The predicted molar refractivity (Wildman–Crippen MR) is 76.9 cm³/mol. The lowest BCUT2D eigenvalue weighted by atomic mass is 10.1. The molecule has 2 N–H and O–H groups in total. The molecule has 0 spiro atoms. The SMILES string of the molecule is CCC1CN(C)CCCN1CC(CO)NC(C)C. The van der Waals surface area contributed by atoms with Crippen molar-refractivity contribution in [1.29, 1.82) is 0 Å². The third-order valence-electron chi connectivity index (χ3n) is 3.74. The summed E-state index contributed by atoms with van der Waals surface area (Å²) in [5, 5.41) is 12.9. The van der Waals surface area contributed by atoms with Gasteiger partial charge < -0.3 is 15.3 Å². The minimum atomic E-state index is 0.197. The molecule has 4 nitrogen and oxygen atoms in total. The Labute approximate surface area is 112 Å². The number of likely N-dealkylation sites (N-methyl/N-ethyl adjacent to an activating group) is 1. The van der Waals surface area contributed by atoms with Crippen LogP contribution in [0, 0.1) is 0 Å². The minimum absolute atomic E-state index is 0.197. The Morgan fingerprint density at radius 1 is 1.33 bits per heavy atom. The van der Waals surface area contributed by atoms with Gasteiger partial charge in [-0.15, -0.1) is 0 Å². The Kier molecular flexibility index (Phi) is 7.15. The fourth-order valence-corrected chi connectivity index (χ4v) is 2.84. The van der Waals surface area contributed by atoms with Gasteiger partial charge in [-0.3, -0.25) is 4.90 Å². The molecule has 1 heterocycles. The summed E-state index contributed by atoms with van der Waals surface area (Å²) in [6.45, 7) is 11.2. The molecule has 1 saturated heterocycles. The number of aliphatic hydroxyl groups excluding tert-OH is 1. The summed E-state index contributed by atoms with van der Waals surface area (Å²) in [6, 6.07) is 1.25. The maximum absolute atomic E-state index is 9.49. The van der Waals surface area contributed by atoms with Crippen LogP contribution >= 0.6 is 0 Å². The first kappa shape index (κ1) is 15.9. The number of rotatable bonds is 6. The van der Waals surface area contributed by atoms with Crippen molar-refractivity contribution >= 4 is 0 Å². The van der Waals surface area contributed by atoms with E-state index in [1.54, 1.807) is 0 Å². The van der Waals surface area contributed by atoms with Gasteiger partial charge >= 0.3 is 0 Å². The standard InChI is InChI=1S/C14H31N3O/c1-5-14-10-16(4)7-6-8-17(14)9-13(11-18)15-12(2)3/h12-15,18H,5-11H2,1-4H3. The van der Waals surface area contributed by atoms with Gasteiger partial charge in [-0.1, -0.05) is 20.8 Å². The van der Waals surface area contributed by atoms with Crippen LogP contribution in [0.3, 0.4) is 0 Å². The molecule has 0 aromatic rings. The van der Waals surface area contributed by atoms with E-state index in [0.29, 0.717) is 12.1 Å². The molecule has 0 aliphatic carbocycles.